The van der Waals surface area contributed by atoms with Crippen LogP contribution < -0.4 is 5.32 Å². The van der Waals surface area contributed by atoms with Crippen LogP contribution in [-0.4, -0.2) is 86.8 Å². The molecule has 0 aliphatic rings. The van der Waals surface area contributed by atoms with Gasteiger partial charge in [-0.25, -0.2) is 4.39 Å². The molecule has 0 radical (unpaired) electrons. The van der Waals surface area contributed by atoms with E-state index in [1.165, 1.54) is 18.2 Å². The molecule has 1 heterocycles. The van der Waals surface area contributed by atoms with Gasteiger partial charge in [0.25, 0.3) is 5.91 Å². The first-order valence-corrected chi connectivity index (χ1v) is 13.8. The van der Waals surface area contributed by atoms with Crippen molar-refractivity contribution in [2.24, 2.45) is 0 Å². The van der Waals surface area contributed by atoms with E-state index >= 15 is 0 Å². The fourth-order valence-corrected chi connectivity index (χ4v) is 5.25. The van der Waals surface area contributed by atoms with Gasteiger partial charge in [-0.15, -0.1) is 0 Å². The molecule has 0 unspecified atom stereocenters. The van der Waals surface area contributed by atoms with Crippen LogP contribution in [-0.2, 0) is 11.3 Å². The number of aromatic nitrogens is 1. The van der Waals surface area contributed by atoms with E-state index in [0.717, 1.165) is 5.56 Å². The number of phenols is 1. The number of aliphatic hydroxyl groups is 2. The number of carbonyl (C=O) groups excluding carboxylic acids is 1. The molecule has 0 spiro atoms. The molecule has 1 aromatic heterocycles. The van der Waals surface area contributed by atoms with E-state index in [2.05, 4.69) is 5.32 Å². The monoisotopic (exact) mass is 632 g/mol. The van der Waals surface area contributed by atoms with Gasteiger partial charge in [-0.05, 0) is 66.3 Å². The van der Waals surface area contributed by atoms with E-state index in [0.29, 0.717) is 28.1 Å². The van der Waals surface area contributed by atoms with Crippen LogP contribution in [0.5, 0.6) is 5.75 Å². The van der Waals surface area contributed by atoms with Crippen LogP contribution in [0.3, 0.4) is 0 Å². The summed E-state index contributed by atoms with van der Waals surface area (Å²) in [7, 11) is 0. The van der Waals surface area contributed by atoms with Crippen LogP contribution in [0.2, 0.25) is 0 Å². The number of benzene rings is 3. The average Bonchev–Trinajstić information content (AvgIpc) is 3.29. The van der Waals surface area contributed by atoms with Crippen LogP contribution >= 0.6 is 0 Å². The van der Waals surface area contributed by atoms with E-state index < -0.39 is 36.3 Å². The summed E-state index contributed by atoms with van der Waals surface area (Å²) >= 11 is 0. The molecule has 3 aromatic carbocycles. The van der Waals surface area contributed by atoms with Gasteiger partial charge in [-0.3, -0.25) is 9.59 Å². The van der Waals surface area contributed by atoms with Crippen LogP contribution in [0.1, 0.15) is 65.4 Å². The number of aliphatic carboxylic acids is 1. The number of para-hydroxylation sites is 2. The van der Waals surface area contributed by atoms with Gasteiger partial charge in [-0.2, -0.15) is 0 Å². The normalized spacial score (nSPS) is 12.1. The Balaban J connectivity index is 0.00000506. The van der Waals surface area contributed by atoms with E-state index in [1.807, 2.05) is 48.7 Å². The van der Waals surface area contributed by atoms with E-state index in [-0.39, 0.29) is 84.8 Å². The molecule has 0 aliphatic carbocycles. The van der Waals surface area contributed by atoms with Crippen molar-refractivity contribution < 1.29 is 37.3 Å². The third kappa shape index (κ3) is 8.92. The summed E-state index contributed by atoms with van der Waals surface area (Å²) in [6.45, 7) is 4.11. The van der Waals surface area contributed by atoms with Gasteiger partial charge < -0.3 is 33.2 Å². The van der Waals surface area contributed by atoms with Crippen LogP contribution in [0.25, 0.3) is 22.4 Å². The number of carboxylic acids is 1. The van der Waals surface area contributed by atoms with Gasteiger partial charge in [0.05, 0.1) is 35.6 Å². The molecule has 0 fully saturated rings. The standard InChI is InChI=1S/C33H35FN2O6.CH4.Ca.2H/c1-20(2)31-30(33(42)35-26-10-6-7-11-27(26)39)29(21-8-4-3-5-9-21)32(22-12-14-23(34)15-13-22)36(31)17-16-24(37)18-25(38)19-28(40)41;;;;/h3-15,20,24-25,37-39H,16-19H2,1-2H3,(H,35,42)(H,40,41);1H4;;;/q;;+2;2*-1/t24-,25-;;;;/m1..../s1. The molecule has 4 aromatic rings. The molecule has 10 heteroatoms. The number of aliphatic hydroxyl groups excluding tert-OH is 2. The van der Waals surface area contributed by atoms with Gasteiger partial charge in [-0.1, -0.05) is 63.7 Å². The number of aromatic hydroxyl groups is 1. The number of carboxylic acid groups (broad SMARTS) is 1. The first-order valence-electron chi connectivity index (χ1n) is 13.8. The van der Waals surface area contributed by atoms with Crippen LogP contribution in [0, 0.1) is 5.82 Å². The quantitative estimate of drug-likeness (QED) is 0.0895. The van der Waals surface area contributed by atoms with Crippen molar-refractivity contribution >= 4 is 55.3 Å². The Labute approximate surface area is 290 Å². The molecule has 5 N–H and O–H groups in total. The Hall–Kier alpha value is -3.21. The Morgan fingerprint density at radius 3 is 2.11 bits per heavy atom. The molecular formula is C34H41CaFN2O6. The summed E-state index contributed by atoms with van der Waals surface area (Å²) in [6, 6.07) is 21.7. The number of nitrogens with zero attached hydrogens (tertiary/aromatic N) is 1. The van der Waals surface area contributed by atoms with Crippen molar-refractivity contribution in [1.29, 1.82) is 0 Å². The minimum atomic E-state index is -1.21. The third-order valence-corrected chi connectivity index (χ3v) is 7.05. The third-order valence-electron chi connectivity index (χ3n) is 7.05. The first-order chi connectivity index (χ1) is 20.1. The van der Waals surface area contributed by atoms with Crippen molar-refractivity contribution in [2.75, 3.05) is 5.32 Å². The number of nitrogens with one attached hydrogen (secondary N) is 1. The molecule has 1 amide bonds. The summed E-state index contributed by atoms with van der Waals surface area (Å²) < 4.78 is 16.0. The molecule has 2 atom stereocenters. The number of carbonyl (C=O) groups is 2. The molecule has 4 rings (SSSR count). The van der Waals surface area contributed by atoms with Gasteiger partial charge in [0.15, 0.2) is 0 Å². The minimum Gasteiger partial charge on any atom is -1.00 e. The molecule has 0 aliphatic heterocycles. The van der Waals surface area contributed by atoms with Crippen molar-refractivity contribution in [3.8, 4) is 28.1 Å². The topological polar surface area (TPSA) is 132 Å². The van der Waals surface area contributed by atoms with Gasteiger partial charge >= 0.3 is 43.7 Å². The largest absolute Gasteiger partial charge is 2.00 e. The molecule has 0 bridgehead atoms. The van der Waals surface area contributed by atoms with Gasteiger partial charge in [0, 0.05) is 17.8 Å². The molecule has 0 saturated heterocycles. The summed E-state index contributed by atoms with van der Waals surface area (Å²) in [5.41, 5.74) is 3.94. The first kappa shape index (κ1) is 37.0. The maximum Gasteiger partial charge on any atom is 2.00 e. The second-order valence-electron chi connectivity index (χ2n) is 10.6. The summed E-state index contributed by atoms with van der Waals surface area (Å²) in [6.07, 6.45) is -2.66. The zero-order chi connectivity index (χ0) is 30.4. The number of amides is 1. The summed E-state index contributed by atoms with van der Waals surface area (Å²) in [5.74, 6) is -2.28. The Bertz CT molecular complexity index is 1550. The maximum absolute atomic E-state index is 14.1. The summed E-state index contributed by atoms with van der Waals surface area (Å²) in [5, 5.41) is 43.0. The van der Waals surface area contributed by atoms with Crippen molar-refractivity contribution in [3.63, 3.8) is 0 Å². The Morgan fingerprint density at radius 1 is 0.909 bits per heavy atom. The molecule has 44 heavy (non-hydrogen) atoms. The van der Waals surface area contributed by atoms with Gasteiger partial charge in [0.2, 0.25) is 0 Å². The molecule has 8 nitrogen and oxygen atoms in total. The predicted octanol–water partition coefficient (Wildman–Crippen LogP) is 6.50. The zero-order valence-corrected chi connectivity index (χ0v) is 26.4. The van der Waals surface area contributed by atoms with E-state index in [1.54, 1.807) is 30.3 Å². The fourth-order valence-electron chi connectivity index (χ4n) is 5.25. The smallest absolute Gasteiger partial charge is 1.00 e. The SMILES string of the molecule is C.CC(C)c1c(C(=O)Nc2ccccc2O)c(-c2ccccc2)c(-c2ccc(F)cc2)n1CC[C@@H](O)C[C@@H](O)CC(=O)O.[Ca+2].[H-].[H-]. The van der Waals surface area contributed by atoms with Crippen molar-refractivity contribution in [2.45, 2.75) is 65.2 Å². The Morgan fingerprint density at radius 2 is 1.52 bits per heavy atom. The number of anilines is 1. The second kappa shape index (κ2) is 16.7. The number of phenolic OH excluding ortho intramolecular Hbond substituents is 1. The van der Waals surface area contributed by atoms with E-state index in [9.17, 15) is 29.3 Å². The minimum absolute atomic E-state index is 0. The second-order valence-corrected chi connectivity index (χ2v) is 10.6. The van der Waals surface area contributed by atoms with Gasteiger partial charge in [0.1, 0.15) is 11.6 Å². The molecular weight excluding hydrogens is 591 g/mol. The van der Waals surface area contributed by atoms with Crippen LogP contribution in [0.15, 0.2) is 78.9 Å². The van der Waals surface area contributed by atoms with E-state index in [4.69, 9.17) is 5.11 Å². The number of rotatable bonds is 12. The number of hydrogen-bond acceptors (Lipinski definition) is 5. The predicted molar refractivity (Wildman–Crippen MR) is 174 cm³/mol. The zero-order valence-electron chi connectivity index (χ0n) is 26.2. The fraction of sp³-hybridized carbons (Fsp3) is 0.294. The van der Waals surface area contributed by atoms with Crippen molar-refractivity contribution in [1.82, 2.24) is 4.57 Å². The van der Waals surface area contributed by atoms with Crippen molar-refractivity contribution in [3.05, 3.63) is 95.9 Å². The number of halogens is 1. The Kier molecular flexibility index (Phi) is 14.1. The molecule has 0 saturated carbocycles. The molecule has 232 valence electrons. The maximum atomic E-state index is 14.1. The summed E-state index contributed by atoms with van der Waals surface area (Å²) in [4.78, 5) is 25.1. The number of hydrogen-bond donors (Lipinski definition) is 5. The van der Waals surface area contributed by atoms with Crippen LogP contribution in [0.4, 0.5) is 10.1 Å². The average molecular weight is 633 g/mol.